The highest BCUT2D eigenvalue weighted by molar-refractivity contribution is 5.17. The van der Waals surface area contributed by atoms with Crippen molar-refractivity contribution in [3.8, 4) is 0 Å². The van der Waals surface area contributed by atoms with Gasteiger partial charge in [0.05, 0.1) is 6.54 Å². The van der Waals surface area contributed by atoms with Crippen LogP contribution >= 0.6 is 0 Å². The number of hydrogen-bond acceptors (Lipinski definition) is 3. The Morgan fingerprint density at radius 2 is 2.13 bits per heavy atom. The molecular formula is C10H10FN3O. The van der Waals surface area contributed by atoms with Gasteiger partial charge in [-0.2, -0.15) is 0 Å². The Bertz CT molecular complexity index is 455. The molecule has 1 N–H and O–H groups in total. The lowest BCUT2D eigenvalue weighted by Gasteiger charge is -2.05. The normalized spacial score (nSPS) is 10.5. The zero-order chi connectivity index (χ0) is 10.7. The number of hydrogen-bond donors (Lipinski definition) is 1. The lowest BCUT2D eigenvalue weighted by Crippen LogP contribution is -2.05. The van der Waals surface area contributed by atoms with Gasteiger partial charge in [0.1, 0.15) is 18.8 Å². The topological polar surface area (TPSA) is 50.9 Å². The lowest BCUT2D eigenvalue weighted by molar-refractivity contribution is 0.265. The first-order valence-corrected chi connectivity index (χ1v) is 4.52. The molecule has 1 aromatic heterocycles. The highest BCUT2D eigenvalue weighted by atomic mass is 19.1. The van der Waals surface area contributed by atoms with Crippen LogP contribution in [0.5, 0.6) is 0 Å². The van der Waals surface area contributed by atoms with Crippen LogP contribution in [-0.2, 0) is 13.2 Å². The van der Waals surface area contributed by atoms with Gasteiger partial charge in [-0.3, -0.25) is 0 Å². The van der Waals surface area contributed by atoms with Gasteiger partial charge in [-0.15, -0.1) is 10.2 Å². The zero-order valence-electron chi connectivity index (χ0n) is 7.97. The summed E-state index contributed by atoms with van der Waals surface area (Å²) in [6.07, 6.45) is 1.47. The number of aliphatic hydroxyl groups is 1. The minimum atomic E-state index is -0.268. The van der Waals surface area contributed by atoms with Crippen LogP contribution in [-0.4, -0.2) is 19.9 Å². The van der Waals surface area contributed by atoms with Crippen molar-refractivity contribution >= 4 is 0 Å². The molecule has 0 radical (unpaired) electrons. The predicted octanol–water partition coefficient (Wildman–Crippen LogP) is 0.958. The van der Waals surface area contributed by atoms with E-state index < -0.39 is 0 Å². The molecule has 78 valence electrons. The van der Waals surface area contributed by atoms with Gasteiger partial charge < -0.3 is 9.67 Å². The molecule has 0 atom stereocenters. The van der Waals surface area contributed by atoms with Crippen molar-refractivity contribution in [2.45, 2.75) is 13.2 Å². The fourth-order valence-electron chi connectivity index (χ4n) is 1.34. The maximum absolute atomic E-state index is 13.3. The molecule has 0 aliphatic heterocycles. The van der Waals surface area contributed by atoms with E-state index in [1.54, 1.807) is 22.8 Å². The predicted molar refractivity (Wildman–Crippen MR) is 51.4 cm³/mol. The smallest absolute Gasteiger partial charge is 0.158 e. The summed E-state index contributed by atoms with van der Waals surface area (Å²) >= 11 is 0. The van der Waals surface area contributed by atoms with Crippen LogP contribution in [0.2, 0.25) is 0 Å². The van der Waals surface area contributed by atoms with Gasteiger partial charge in [0.2, 0.25) is 0 Å². The molecule has 0 aliphatic rings. The van der Waals surface area contributed by atoms with Crippen LogP contribution in [0.15, 0.2) is 30.6 Å². The third kappa shape index (κ3) is 2.02. The summed E-state index contributed by atoms with van der Waals surface area (Å²) < 4.78 is 14.9. The summed E-state index contributed by atoms with van der Waals surface area (Å²) in [5, 5.41) is 16.3. The van der Waals surface area contributed by atoms with Gasteiger partial charge in [-0.25, -0.2) is 4.39 Å². The molecule has 0 amide bonds. The molecule has 2 aromatic rings. The Kier molecular flexibility index (Phi) is 2.73. The highest BCUT2D eigenvalue weighted by Crippen LogP contribution is 2.09. The Labute approximate surface area is 86.0 Å². The standard InChI is InChI=1S/C10H10FN3O/c11-9-4-2-1-3-8(9)5-14-7-12-13-10(14)6-15/h1-4,7,15H,5-6H2. The minimum absolute atomic E-state index is 0.200. The molecule has 0 bridgehead atoms. The van der Waals surface area contributed by atoms with E-state index in [1.807, 2.05) is 0 Å². The van der Waals surface area contributed by atoms with Crippen molar-refractivity contribution in [3.63, 3.8) is 0 Å². The van der Waals surface area contributed by atoms with Crippen LogP contribution in [0.3, 0.4) is 0 Å². The summed E-state index contributed by atoms with van der Waals surface area (Å²) in [4.78, 5) is 0. The van der Waals surface area contributed by atoms with Gasteiger partial charge in [-0.1, -0.05) is 18.2 Å². The highest BCUT2D eigenvalue weighted by Gasteiger charge is 2.05. The molecule has 1 aromatic carbocycles. The summed E-state index contributed by atoms with van der Waals surface area (Å²) in [7, 11) is 0. The maximum atomic E-state index is 13.3. The summed E-state index contributed by atoms with van der Waals surface area (Å²) in [5.74, 6) is 0.161. The fraction of sp³-hybridized carbons (Fsp3) is 0.200. The van der Waals surface area contributed by atoms with E-state index in [0.717, 1.165) is 0 Å². The van der Waals surface area contributed by atoms with Crippen molar-refractivity contribution < 1.29 is 9.50 Å². The van der Waals surface area contributed by atoms with Crippen molar-refractivity contribution in [2.24, 2.45) is 0 Å². The third-order valence-electron chi connectivity index (χ3n) is 2.14. The second-order valence-electron chi connectivity index (χ2n) is 3.12. The van der Waals surface area contributed by atoms with Gasteiger partial charge >= 0.3 is 0 Å². The van der Waals surface area contributed by atoms with Crippen molar-refractivity contribution in [2.75, 3.05) is 0 Å². The Morgan fingerprint density at radius 1 is 1.33 bits per heavy atom. The molecule has 0 saturated carbocycles. The molecule has 1 heterocycles. The first-order chi connectivity index (χ1) is 7.31. The van der Waals surface area contributed by atoms with Gasteiger partial charge in [0.15, 0.2) is 5.82 Å². The lowest BCUT2D eigenvalue weighted by atomic mass is 10.2. The Morgan fingerprint density at radius 3 is 2.87 bits per heavy atom. The third-order valence-corrected chi connectivity index (χ3v) is 2.14. The second kappa shape index (κ2) is 4.18. The van der Waals surface area contributed by atoms with Crippen LogP contribution in [0, 0.1) is 5.82 Å². The van der Waals surface area contributed by atoms with Crippen molar-refractivity contribution in [1.82, 2.24) is 14.8 Å². The fourth-order valence-corrected chi connectivity index (χ4v) is 1.34. The summed E-state index contributed by atoms with van der Waals surface area (Å²) in [6, 6.07) is 6.49. The molecule has 15 heavy (non-hydrogen) atoms. The van der Waals surface area contributed by atoms with Crippen LogP contribution in [0.25, 0.3) is 0 Å². The molecule has 0 saturated heterocycles. The molecule has 0 unspecified atom stereocenters. The zero-order valence-corrected chi connectivity index (χ0v) is 7.97. The average Bonchev–Trinajstić information content (AvgIpc) is 2.69. The molecule has 4 nitrogen and oxygen atoms in total. The minimum Gasteiger partial charge on any atom is -0.388 e. The van der Waals surface area contributed by atoms with Crippen LogP contribution in [0.4, 0.5) is 4.39 Å². The molecule has 5 heteroatoms. The SMILES string of the molecule is OCc1nncn1Cc1ccccc1F. The van der Waals surface area contributed by atoms with E-state index in [1.165, 1.54) is 12.4 Å². The number of nitrogens with zero attached hydrogens (tertiary/aromatic N) is 3. The second-order valence-corrected chi connectivity index (χ2v) is 3.12. The quantitative estimate of drug-likeness (QED) is 0.815. The molecule has 0 aliphatic carbocycles. The molecular weight excluding hydrogens is 197 g/mol. The first kappa shape index (κ1) is 9.79. The van der Waals surface area contributed by atoms with E-state index in [-0.39, 0.29) is 12.4 Å². The Hall–Kier alpha value is -1.75. The Balaban J connectivity index is 2.26. The summed E-state index contributed by atoms with van der Waals surface area (Å²) in [5.41, 5.74) is 0.548. The molecule has 2 rings (SSSR count). The van der Waals surface area contributed by atoms with Crippen molar-refractivity contribution in [1.29, 1.82) is 0 Å². The number of halogens is 1. The number of benzene rings is 1. The maximum Gasteiger partial charge on any atom is 0.158 e. The van der Waals surface area contributed by atoms with E-state index in [2.05, 4.69) is 10.2 Å². The van der Waals surface area contributed by atoms with Crippen LogP contribution in [0.1, 0.15) is 11.4 Å². The molecule has 0 spiro atoms. The van der Waals surface area contributed by atoms with E-state index in [9.17, 15) is 4.39 Å². The molecule has 0 fully saturated rings. The average molecular weight is 207 g/mol. The van der Waals surface area contributed by atoms with E-state index >= 15 is 0 Å². The first-order valence-electron chi connectivity index (χ1n) is 4.52. The summed E-state index contributed by atoms with van der Waals surface area (Å²) in [6.45, 7) is 0.129. The van der Waals surface area contributed by atoms with Crippen molar-refractivity contribution in [3.05, 3.63) is 47.8 Å². The monoisotopic (exact) mass is 207 g/mol. The van der Waals surface area contributed by atoms with Gasteiger partial charge in [0.25, 0.3) is 0 Å². The number of aliphatic hydroxyl groups excluding tert-OH is 1. The van der Waals surface area contributed by atoms with Crippen LogP contribution < -0.4 is 0 Å². The van der Waals surface area contributed by atoms with Gasteiger partial charge in [-0.05, 0) is 6.07 Å². The largest absolute Gasteiger partial charge is 0.388 e. The van der Waals surface area contributed by atoms with E-state index in [0.29, 0.717) is 17.9 Å². The number of rotatable bonds is 3. The number of aromatic nitrogens is 3. The van der Waals surface area contributed by atoms with Gasteiger partial charge in [0, 0.05) is 5.56 Å². The van der Waals surface area contributed by atoms with E-state index in [4.69, 9.17) is 5.11 Å².